The molecule has 0 bridgehead atoms. The highest BCUT2D eigenvalue weighted by atomic mass is 79.9. The summed E-state index contributed by atoms with van der Waals surface area (Å²) in [5.41, 5.74) is 2.69. The molecule has 0 spiro atoms. The third-order valence-electron chi connectivity index (χ3n) is 2.05. The van der Waals surface area contributed by atoms with Gasteiger partial charge in [0.1, 0.15) is 0 Å². The van der Waals surface area contributed by atoms with Gasteiger partial charge in [0.2, 0.25) is 0 Å². The lowest BCUT2D eigenvalue weighted by Gasteiger charge is -2.12. The predicted molar refractivity (Wildman–Crippen MR) is 60.2 cm³/mol. The van der Waals surface area contributed by atoms with Gasteiger partial charge in [-0.2, -0.15) is 0 Å². The lowest BCUT2D eigenvalue weighted by atomic mass is 10.0. The third-order valence-corrected chi connectivity index (χ3v) is 2.54. The highest BCUT2D eigenvalue weighted by Gasteiger charge is 2.09. The number of benzene rings is 1. The molecule has 0 aliphatic carbocycles. The molecule has 0 saturated heterocycles. The zero-order valence-corrected chi connectivity index (χ0v) is 9.63. The Labute approximate surface area is 91.3 Å². The van der Waals surface area contributed by atoms with Crippen LogP contribution in [0.2, 0.25) is 0 Å². The number of rotatable bonds is 2. The molecule has 0 heterocycles. The van der Waals surface area contributed by atoms with Crippen molar-refractivity contribution in [2.24, 2.45) is 0 Å². The Morgan fingerprint density at radius 1 is 1.57 bits per heavy atom. The highest BCUT2D eigenvalue weighted by molar-refractivity contribution is 9.09. The number of anilines is 1. The quantitative estimate of drug-likeness (QED) is 0.797. The number of hydrogen-bond donors (Lipinski definition) is 2. The van der Waals surface area contributed by atoms with Gasteiger partial charge in [-0.3, -0.25) is 5.32 Å². The van der Waals surface area contributed by atoms with Gasteiger partial charge in [0.15, 0.2) is 0 Å². The third kappa shape index (κ3) is 2.48. The normalized spacial score (nSPS) is 12.2. The first-order valence-corrected chi connectivity index (χ1v) is 5.17. The van der Waals surface area contributed by atoms with Crippen LogP contribution >= 0.6 is 15.9 Å². The Hall–Kier alpha value is -1.03. The van der Waals surface area contributed by atoms with E-state index in [1.54, 1.807) is 6.07 Å². The van der Waals surface area contributed by atoms with Crippen LogP contribution in [-0.4, -0.2) is 11.2 Å². The van der Waals surface area contributed by atoms with Crippen molar-refractivity contribution in [3.05, 3.63) is 29.3 Å². The number of halogens is 1. The van der Waals surface area contributed by atoms with Crippen molar-refractivity contribution in [1.29, 1.82) is 0 Å². The van der Waals surface area contributed by atoms with Gasteiger partial charge in [-0.05, 0) is 31.0 Å². The smallest absolute Gasteiger partial charge is 0.409 e. The molecule has 1 atom stereocenters. The molecule has 0 fully saturated rings. The van der Waals surface area contributed by atoms with Crippen molar-refractivity contribution in [3.63, 3.8) is 0 Å². The average molecular weight is 258 g/mol. The maximum atomic E-state index is 10.5. The number of nitrogens with one attached hydrogen (secondary N) is 1. The fraction of sp³-hybridized carbons (Fsp3) is 0.300. The molecule has 3 nitrogen and oxygen atoms in total. The van der Waals surface area contributed by atoms with E-state index in [0.29, 0.717) is 5.69 Å². The number of hydrogen-bond acceptors (Lipinski definition) is 1. The first-order valence-electron chi connectivity index (χ1n) is 4.26. The van der Waals surface area contributed by atoms with Gasteiger partial charge in [-0.15, -0.1) is 0 Å². The molecule has 0 saturated carbocycles. The SMILES string of the molecule is Cc1c(NC(=O)O)cccc1C(C)Br. The highest BCUT2D eigenvalue weighted by Crippen LogP contribution is 2.28. The zero-order chi connectivity index (χ0) is 10.7. The van der Waals surface area contributed by atoms with Gasteiger partial charge in [-0.1, -0.05) is 28.1 Å². The zero-order valence-electron chi connectivity index (χ0n) is 8.04. The van der Waals surface area contributed by atoms with E-state index in [1.807, 2.05) is 26.0 Å². The molecule has 1 aromatic rings. The van der Waals surface area contributed by atoms with Gasteiger partial charge in [0.25, 0.3) is 0 Å². The lowest BCUT2D eigenvalue weighted by molar-refractivity contribution is 0.209. The molecular formula is C10H12BrNO2. The Kier molecular flexibility index (Phi) is 3.52. The van der Waals surface area contributed by atoms with E-state index in [1.165, 1.54) is 0 Å². The van der Waals surface area contributed by atoms with E-state index >= 15 is 0 Å². The summed E-state index contributed by atoms with van der Waals surface area (Å²) in [5, 5.41) is 11.0. The average Bonchev–Trinajstić information content (AvgIpc) is 2.07. The first-order chi connectivity index (χ1) is 6.52. The first kappa shape index (κ1) is 11.0. The number of amides is 1. The maximum Gasteiger partial charge on any atom is 0.409 e. The van der Waals surface area contributed by atoms with Crippen molar-refractivity contribution in [3.8, 4) is 0 Å². The maximum absolute atomic E-state index is 10.5. The van der Waals surface area contributed by atoms with Gasteiger partial charge in [0.05, 0.1) is 0 Å². The molecule has 76 valence electrons. The summed E-state index contributed by atoms with van der Waals surface area (Å²) in [5.74, 6) is 0. The largest absolute Gasteiger partial charge is 0.465 e. The molecular weight excluding hydrogens is 246 g/mol. The summed E-state index contributed by atoms with van der Waals surface area (Å²) >= 11 is 3.46. The van der Waals surface area contributed by atoms with Gasteiger partial charge in [0, 0.05) is 10.5 Å². The topological polar surface area (TPSA) is 49.3 Å². The van der Waals surface area contributed by atoms with Crippen LogP contribution in [0.5, 0.6) is 0 Å². The molecule has 4 heteroatoms. The van der Waals surface area contributed by atoms with E-state index in [2.05, 4.69) is 21.2 Å². The minimum absolute atomic E-state index is 0.220. The molecule has 0 aromatic heterocycles. The van der Waals surface area contributed by atoms with Crippen molar-refractivity contribution in [2.45, 2.75) is 18.7 Å². The van der Waals surface area contributed by atoms with Gasteiger partial charge < -0.3 is 5.11 Å². The fourth-order valence-electron chi connectivity index (χ4n) is 1.34. The second-order valence-electron chi connectivity index (χ2n) is 3.07. The summed E-state index contributed by atoms with van der Waals surface area (Å²) in [6.45, 7) is 3.91. The van der Waals surface area contributed by atoms with Gasteiger partial charge >= 0.3 is 6.09 Å². The molecule has 2 N–H and O–H groups in total. The van der Waals surface area contributed by atoms with Crippen LogP contribution in [-0.2, 0) is 0 Å². The van der Waals surface area contributed by atoms with Crippen molar-refractivity contribution in [2.75, 3.05) is 5.32 Å². The number of carboxylic acid groups (broad SMARTS) is 1. The van der Waals surface area contributed by atoms with Crippen molar-refractivity contribution >= 4 is 27.7 Å². The minimum atomic E-state index is -1.03. The number of carbonyl (C=O) groups is 1. The molecule has 0 radical (unpaired) electrons. The Balaban J connectivity index is 3.07. The summed E-state index contributed by atoms with van der Waals surface area (Å²) in [7, 11) is 0. The minimum Gasteiger partial charge on any atom is -0.465 e. The van der Waals surface area contributed by atoms with E-state index in [4.69, 9.17) is 5.11 Å². The second kappa shape index (κ2) is 4.46. The van der Waals surface area contributed by atoms with Gasteiger partial charge in [-0.25, -0.2) is 4.79 Å². The summed E-state index contributed by atoms with van der Waals surface area (Å²) < 4.78 is 0. The molecule has 1 unspecified atom stereocenters. The molecule has 0 aliphatic heterocycles. The molecule has 1 aromatic carbocycles. The van der Waals surface area contributed by atoms with Crippen LogP contribution < -0.4 is 5.32 Å². The van der Waals surface area contributed by atoms with Crippen molar-refractivity contribution < 1.29 is 9.90 Å². The standard InChI is InChI=1S/C10H12BrNO2/c1-6-8(7(2)11)4-3-5-9(6)12-10(13)14/h3-5,7,12H,1-2H3,(H,13,14). The Bertz CT molecular complexity index is 350. The molecule has 1 rings (SSSR count). The van der Waals surface area contributed by atoms with Crippen LogP contribution in [0.25, 0.3) is 0 Å². The molecule has 1 amide bonds. The summed E-state index contributed by atoms with van der Waals surface area (Å²) in [6.07, 6.45) is -1.03. The Morgan fingerprint density at radius 3 is 2.71 bits per heavy atom. The molecule has 14 heavy (non-hydrogen) atoms. The van der Waals surface area contributed by atoms with Crippen LogP contribution in [0.4, 0.5) is 10.5 Å². The Morgan fingerprint density at radius 2 is 2.21 bits per heavy atom. The van der Waals surface area contributed by atoms with E-state index in [9.17, 15) is 4.79 Å². The summed E-state index contributed by atoms with van der Waals surface area (Å²) in [6, 6.07) is 5.56. The van der Waals surface area contributed by atoms with E-state index in [-0.39, 0.29) is 4.83 Å². The second-order valence-corrected chi connectivity index (χ2v) is 4.44. The molecule has 0 aliphatic rings. The number of alkyl halides is 1. The fourth-order valence-corrected chi connectivity index (χ4v) is 1.83. The van der Waals surface area contributed by atoms with Crippen molar-refractivity contribution in [1.82, 2.24) is 0 Å². The summed E-state index contributed by atoms with van der Waals surface area (Å²) in [4.78, 5) is 10.7. The van der Waals surface area contributed by atoms with Crippen LogP contribution in [0.15, 0.2) is 18.2 Å². The van der Waals surface area contributed by atoms with E-state index < -0.39 is 6.09 Å². The predicted octanol–water partition coefficient (Wildman–Crippen LogP) is 3.54. The van der Waals surface area contributed by atoms with Crippen LogP contribution in [0.1, 0.15) is 22.9 Å². The van der Waals surface area contributed by atoms with Crippen LogP contribution in [0.3, 0.4) is 0 Å². The lowest BCUT2D eigenvalue weighted by Crippen LogP contribution is -2.09. The van der Waals surface area contributed by atoms with E-state index in [0.717, 1.165) is 11.1 Å². The van der Waals surface area contributed by atoms with Crippen LogP contribution in [0, 0.1) is 6.92 Å². The monoisotopic (exact) mass is 257 g/mol.